The molecule has 2 heterocycles. The number of amides is 1. The molecule has 1 aliphatic carbocycles. The van der Waals surface area contributed by atoms with Crippen molar-refractivity contribution in [2.24, 2.45) is 5.92 Å². The van der Waals surface area contributed by atoms with Crippen molar-refractivity contribution in [1.29, 1.82) is 0 Å². The van der Waals surface area contributed by atoms with E-state index in [2.05, 4.69) is 29.5 Å². The lowest BCUT2D eigenvalue weighted by molar-refractivity contribution is 0.0950. The maximum atomic E-state index is 12.4. The van der Waals surface area contributed by atoms with Crippen LogP contribution in [0.5, 0.6) is 0 Å². The molecule has 7 heteroatoms. The Morgan fingerprint density at radius 1 is 1.00 bits per heavy atom. The van der Waals surface area contributed by atoms with Gasteiger partial charge in [-0.05, 0) is 37.8 Å². The summed E-state index contributed by atoms with van der Waals surface area (Å²) in [5.41, 5.74) is 5.61. The normalized spacial score (nSPS) is 13.3. The number of benzene rings is 2. The zero-order valence-corrected chi connectivity index (χ0v) is 20.2. The van der Waals surface area contributed by atoms with Gasteiger partial charge in [-0.1, -0.05) is 50.2 Å². The summed E-state index contributed by atoms with van der Waals surface area (Å²) in [5, 5.41) is 6.47. The molecular weight excluding hydrogens is 438 g/mol. The van der Waals surface area contributed by atoms with E-state index in [1.807, 2.05) is 65.3 Å². The van der Waals surface area contributed by atoms with Gasteiger partial charge in [-0.2, -0.15) is 0 Å². The molecule has 0 saturated heterocycles. The summed E-state index contributed by atoms with van der Waals surface area (Å²) in [6, 6.07) is 15.4. The van der Waals surface area contributed by atoms with E-state index in [-0.39, 0.29) is 11.7 Å². The number of nitrogens with one attached hydrogen (secondary N) is 2. The predicted molar refractivity (Wildman–Crippen MR) is 138 cm³/mol. The predicted octanol–water partition coefficient (Wildman–Crippen LogP) is 5.23. The molecule has 2 aromatic heterocycles. The fraction of sp³-hybridized carbons (Fsp3) is 0.286. The van der Waals surface area contributed by atoms with Crippen molar-refractivity contribution in [3.8, 4) is 22.5 Å². The Morgan fingerprint density at radius 3 is 2.29 bits per heavy atom. The highest BCUT2D eigenvalue weighted by Crippen LogP contribution is 2.28. The largest absolute Gasteiger partial charge is 0.367 e. The molecule has 0 bridgehead atoms. The molecule has 4 aromatic rings. The number of carbonyl (C=O) groups is 2. The average Bonchev–Trinajstić information content (AvgIpc) is 3.57. The Labute approximate surface area is 204 Å². The van der Waals surface area contributed by atoms with Gasteiger partial charge in [0.05, 0.1) is 17.6 Å². The number of aromatic nitrogens is 3. The number of Topliss-reactive ketones (excluding diaryl/α,β-unsaturated/α-hetero) is 1. The second-order valence-corrected chi connectivity index (χ2v) is 9.55. The highest BCUT2D eigenvalue weighted by atomic mass is 16.1. The maximum Gasteiger partial charge on any atom is 0.251 e. The second-order valence-electron chi connectivity index (χ2n) is 9.55. The van der Waals surface area contributed by atoms with Crippen LogP contribution in [0.3, 0.4) is 0 Å². The van der Waals surface area contributed by atoms with Crippen LogP contribution in [0.4, 0.5) is 5.82 Å². The first-order chi connectivity index (χ1) is 16.9. The minimum Gasteiger partial charge on any atom is -0.367 e. The third kappa shape index (κ3) is 4.94. The number of fused-ring (bicyclic) bond motifs is 1. The van der Waals surface area contributed by atoms with Crippen molar-refractivity contribution in [1.82, 2.24) is 19.7 Å². The summed E-state index contributed by atoms with van der Waals surface area (Å²) in [6.45, 7) is 6.62. The van der Waals surface area contributed by atoms with Gasteiger partial charge in [0.2, 0.25) is 0 Å². The first-order valence-corrected chi connectivity index (χ1v) is 12.0. The van der Waals surface area contributed by atoms with Crippen molar-refractivity contribution in [2.75, 3.05) is 11.9 Å². The zero-order valence-electron chi connectivity index (χ0n) is 20.2. The van der Waals surface area contributed by atoms with E-state index in [9.17, 15) is 9.59 Å². The fourth-order valence-corrected chi connectivity index (χ4v) is 3.92. The molecule has 1 amide bonds. The fourth-order valence-electron chi connectivity index (χ4n) is 3.92. The molecule has 0 atom stereocenters. The van der Waals surface area contributed by atoms with Gasteiger partial charge < -0.3 is 10.6 Å². The molecule has 35 heavy (non-hydrogen) atoms. The number of hydrogen-bond donors (Lipinski definition) is 2. The summed E-state index contributed by atoms with van der Waals surface area (Å²) in [7, 11) is 0. The molecule has 7 nitrogen and oxygen atoms in total. The van der Waals surface area contributed by atoms with Gasteiger partial charge >= 0.3 is 0 Å². The van der Waals surface area contributed by atoms with Gasteiger partial charge in [-0.25, -0.2) is 9.97 Å². The molecule has 0 unspecified atom stereocenters. The van der Waals surface area contributed by atoms with Gasteiger partial charge in [0.15, 0.2) is 17.2 Å². The molecule has 1 saturated carbocycles. The van der Waals surface area contributed by atoms with Crippen LogP contribution in [-0.2, 0) is 0 Å². The lowest BCUT2D eigenvalue weighted by Gasteiger charge is -2.13. The van der Waals surface area contributed by atoms with E-state index in [4.69, 9.17) is 4.98 Å². The highest BCUT2D eigenvalue weighted by molar-refractivity contribution is 5.95. The molecule has 0 radical (unpaired) electrons. The summed E-state index contributed by atoms with van der Waals surface area (Å²) in [6.07, 6.45) is 5.92. The Hall–Kier alpha value is -4.00. The second kappa shape index (κ2) is 9.33. The molecule has 178 valence electrons. The van der Waals surface area contributed by atoms with Gasteiger partial charge in [0.25, 0.3) is 5.91 Å². The molecule has 5 rings (SSSR count). The Kier molecular flexibility index (Phi) is 6.07. The number of imidazole rings is 1. The number of rotatable bonds is 8. The van der Waals surface area contributed by atoms with E-state index in [1.54, 1.807) is 6.92 Å². The third-order valence-electron chi connectivity index (χ3n) is 6.11. The summed E-state index contributed by atoms with van der Waals surface area (Å²) in [5.74, 6) is 1.15. The number of anilines is 1. The first kappa shape index (κ1) is 22.8. The van der Waals surface area contributed by atoms with Gasteiger partial charge in [-0.3, -0.25) is 14.0 Å². The molecule has 0 spiro atoms. The number of carbonyl (C=O) groups excluding carboxylic acids is 2. The lowest BCUT2D eigenvalue weighted by Crippen LogP contribution is -2.25. The van der Waals surface area contributed by atoms with Gasteiger partial charge in [-0.15, -0.1) is 0 Å². The molecule has 0 aliphatic heterocycles. The Balaban J connectivity index is 1.54. The summed E-state index contributed by atoms with van der Waals surface area (Å²) < 4.78 is 2.03. The minimum absolute atomic E-state index is 0.0298. The van der Waals surface area contributed by atoms with Crippen molar-refractivity contribution in [2.45, 2.75) is 39.7 Å². The minimum atomic E-state index is -0.0298. The average molecular weight is 468 g/mol. The Morgan fingerprint density at radius 2 is 1.66 bits per heavy atom. The number of nitrogens with zero attached hydrogens (tertiary/aromatic N) is 3. The standard InChI is InChI=1S/C28H29N5O2/c1-17(2)14-29-26-27-30-15-25(21-8-10-22(11-9-21)28(35)31-23-12-13-23)33(27)16-24(32-26)20-6-4-19(5-7-20)18(3)34/h4-11,15-17,23H,12-14H2,1-3H3,(H,29,32)(H,31,35). The number of hydrogen-bond acceptors (Lipinski definition) is 5. The van der Waals surface area contributed by atoms with Crippen molar-refractivity contribution in [3.05, 3.63) is 72.1 Å². The van der Waals surface area contributed by atoms with E-state index < -0.39 is 0 Å². The van der Waals surface area contributed by atoms with Crippen LogP contribution in [0.1, 0.15) is 54.3 Å². The van der Waals surface area contributed by atoms with Crippen molar-refractivity contribution < 1.29 is 9.59 Å². The first-order valence-electron chi connectivity index (χ1n) is 12.0. The summed E-state index contributed by atoms with van der Waals surface area (Å²) in [4.78, 5) is 33.6. The maximum absolute atomic E-state index is 12.4. The van der Waals surface area contributed by atoms with Crippen LogP contribution in [-0.4, -0.2) is 38.6 Å². The highest BCUT2D eigenvalue weighted by Gasteiger charge is 2.23. The van der Waals surface area contributed by atoms with Crippen LogP contribution >= 0.6 is 0 Å². The quantitative estimate of drug-likeness (QED) is 0.347. The summed E-state index contributed by atoms with van der Waals surface area (Å²) >= 11 is 0. The van der Waals surface area contributed by atoms with Crippen LogP contribution in [0.2, 0.25) is 0 Å². The van der Waals surface area contributed by atoms with E-state index in [1.165, 1.54) is 0 Å². The molecule has 2 N–H and O–H groups in total. The van der Waals surface area contributed by atoms with Crippen LogP contribution in [0.15, 0.2) is 60.9 Å². The number of ketones is 1. The van der Waals surface area contributed by atoms with Crippen LogP contribution in [0.25, 0.3) is 28.2 Å². The van der Waals surface area contributed by atoms with Gasteiger partial charge in [0, 0.05) is 41.0 Å². The zero-order chi connectivity index (χ0) is 24.5. The van der Waals surface area contributed by atoms with Crippen molar-refractivity contribution in [3.63, 3.8) is 0 Å². The van der Waals surface area contributed by atoms with E-state index in [0.29, 0.717) is 28.9 Å². The van der Waals surface area contributed by atoms with E-state index >= 15 is 0 Å². The molecular formula is C28H29N5O2. The monoisotopic (exact) mass is 467 g/mol. The topological polar surface area (TPSA) is 88.4 Å². The van der Waals surface area contributed by atoms with Crippen molar-refractivity contribution >= 4 is 23.2 Å². The smallest absolute Gasteiger partial charge is 0.251 e. The van der Waals surface area contributed by atoms with Gasteiger partial charge in [0.1, 0.15) is 0 Å². The van der Waals surface area contributed by atoms with Crippen LogP contribution in [0, 0.1) is 5.92 Å². The molecule has 1 aliphatic rings. The Bertz CT molecular complexity index is 1380. The third-order valence-corrected chi connectivity index (χ3v) is 6.11. The molecule has 2 aromatic carbocycles. The van der Waals surface area contributed by atoms with E-state index in [0.717, 1.165) is 47.5 Å². The lowest BCUT2D eigenvalue weighted by atomic mass is 10.1. The van der Waals surface area contributed by atoms with Crippen LogP contribution < -0.4 is 10.6 Å². The molecule has 1 fully saturated rings. The SMILES string of the molecule is CC(=O)c1ccc(-c2cn3c(-c4ccc(C(=O)NC5CC5)cc4)cnc3c(NCC(C)C)n2)cc1.